The van der Waals surface area contributed by atoms with Crippen LogP contribution in [0.5, 0.6) is 0 Å². The number of hydrogen-bond acceptors (Lipinski definition) is 2. The van der Waals surface area contributed by atoms with Crippen molar-refractivity contribution in [2.24, 2.45) is 0 Å². The summed E-state index contributed by atoms with van der Waals surface area (Å²) in [5.41, 5.74) is 4.77. The van der Waals surface area contributed by atoms with Gasteiger partial charge in [0.05, 0.1) is 0 Å². The predicted octanol–water partition coefficient (Wildman–Crippen LogP) is 10.8. The lowest BCUT2D eigenvalue weighted by Gasteiger charge is -2.18. The van der Waals surface area contributed by atoms with Gasteiger partial charge in [-0.05, 0) is 99.2 Å². The molecule has 42 heavy (non-hydrogen) atoms. The largest absolute Gasteiger partial charge is 0.264 e. The van der Waals surface area contributed by atoms with E-state index in [-0.39, 0.29) is 0 Å². The molecule has 0 radical (unpaired) electrons. The van der Waals surface area contributed by atoms with Gasteiger partial charge in [0.15, 0.2) is 0 Å². The Bertz CT molecular complexity index is 2650. The summed E-state index contributed by atoms with van der Waals surface area (Å²) in [5, 5.41) is 18.1. The van der Waals surface area contributed by atoms with Gasteiger partial charge in [-0.1, -0.05) is 91.0 Å². The highest BCUT2D eigenvalue weighted by atomic mass is 14.6. The maximum atomic E-state index is 4.62. The normalized spacial score (nSPS) is 12.3. The van der Waals surface area contributed by atoms with Gasteiger partial charge < -0.3 is 0 Å². The molecule has 0 N–H and O–H groups in total. The summed E-state index contributed by atoms with van der Waals surface area (Å²) in [6.45, 7) is 0. The lowest BCUT2D eigenvalue weighted by Crippen LogP contribution is -1.92. The molecule has 0 amide bonds. The third-order valence-electron chi connectivity index (χ3n) is 9.28. The molecule has 10 aromatic rings. The quantitative estimate of drug-likeness (QED) is 0.208. The van der Waals surface area contributed by atoms with Crippen molar-refractivity contribution >= 4 is 75.4 Å². The van der Waals surface area contributed by atoms with Gasteiger partial charge >= 0.3 is 0 Å². The van der Waals surface area contributed by atoms with Gasteiger partial charge in [-0.15, -0.1) is 0 Å². The summed E-state index contributed by atoms with van der Waals surface area (Å²) in [6.07, 6.45) is 7.78. The van der Waals surface area contributed by atoms with Crippen LogP contribution in [0.25, 0.3) is 97.7 Å². The van der Waals surface area contributed by atoms with E-state index in [1.165, 1.54) is 86.5 Å². The molecule has 0 aliphatic carbocycles. The summed E-state index contributed by atoms with van der Waals surface area (Å²) in [7, 11) is 0. The highest BCUT2D eigenvalue weighted by molar-refractivity contribution is 6.44. The average molecular weight is 531 g/mol. The average Bonchev–Trinajstić information content (AvgIpc) is 3.56. The first-order chi connectivity index (χ1) is 20.9. The number of pyridine rings is 2. The third-order valence-corrected chi connectivity index (χ3v) is 9.28. The minimum atomic E-state index is 1.13. The minimum Gasteiger partial charge on any atom is -0.264 e. The van der Waals surface area contributed by atoms with Crippen molar-refractivity contribution in [3.05, 3.63) is 134 Å². The van der Waals surface area contributed by atoms with Crippen LogP contribution in [-0.4, -0.2) is 9.97 Å². The highest BCUT2D eigenvalue weighted by Crippen LogP contribution is 2.54. The third kappa shape index (κ3) is 2.69. The van der Waals surface area contributed by atoms with Gasteiger partial charge in [0, 0.05) is 41.5 Å². The van der Waals surface area contributed by atoms with Gasteiger partial charge in [-0.25, -0.2) is 0 Å². The molecule has 2 nitrogen and oxygen atoms in total. The summed E-state index contributed by atoms with van der Waals surface area (Å²) in [4.78, 5) is 9.24. The highest BCUT2D eigenvalue weighted by Gasteiger charge is 2.26. The van der Waals surface area contributed by atoms with Crippen molar-refractivity contribution in [1.82, 2.24) is 9.97 Å². The van der Waals surface area contributed by atoms with Gasteiger partial charge in [-0.2, -0.15) is 0 Å². The van der Waals surface area contributed by atoms with Crippen molar-refractivity contribution in [1.29, 1.82) is 0 Å². The Morgan fingerprint density at radius 1 is 0.333 bits per heavy atom. The van der Waals surface area contributed by atoms with Crippen molar-refractivity contribution in [2.75, 3.05) is 0 Å². The lowest BCUT2D eigenvalue weighted by molar-refractivity contribution is 1.33. The molecule has 0 fully saturated rings. The topological polar surface area (TPSA) is 25.8 Å². The van der Waals surface area contributed by atoms with E-state index >= 15 is 0 Å². The molecule has 0 bridgehead atoms. The molecule has 10 rings (SSSR count). The zero-order valence-corrected chi connectivity index (χ0v) is 22.6. The summed E-state index contributed by atoms with van der Waals surface area (Å²) in [5.74, 6) is 0. The summed E-state index contributed by atoms with van der Waals surface area (Å²) >= 11 is 0. The van der Waals surface area contributed by atoms with Crippen molar-refractivity contribution < 1.29 is 0 Å². The number of aromatic nitrogens is 2. The number of hydrogen-bond donors (Lipinski definition) is 0. The Morgan fingerprint density at radius 3 is 1.55 bits per heavy atom. The molecule has 0 atom stereocenters. The Balaban J connectivity index is 1.62. The Kier molecular flexibility index (Phi) is 4.21. The zero-order chi connectivity index (χ0) is 27.4. The molecule has 8 aromatic carbocycles. The van der Waals surface area contributed by atoms with E-state index in [0.29, 0.717) is 0 Å². The number of rotatable bonds is 2. The number of nitrogens with zero attached hydrogens (tertiary/aromatic N) is 2. The maximum Gasteiger partial charge on any atom is 0.0346 e. The molecule has 0 spiro atoms. The van der Waals surface area contributed by atoms with Crippen LogP contribution in [0.3, 0.4) is 0 Å². The molecule has 0 aliphatic heterocycles. The lowest BCUT2D eigenvalue weighted by atomic mass is 9.84. The first-order valence-corrected chi connectivity index (χ1v) is 14.4. The second-order valence-corrected chi connectivity index (χ2v) is 11.3. The summed E-state index contributed by atoms with van der Waals surface area (Å²) < 4.78 is 0. The van der Waals surface area contributed by atoms with E-state index in [2.05, 4.69) is 119 Å². The molecule has 0 aliphatic rings. The van der Waals surface area contributed by atoms with Gasteiger partial charge in [0.2, 0.25) is 0 Å². The van der Waals surface area contributed by atoms with Crippen molar-refractivity contribution in [2.45, 2.75) is 0 Å². The molecule has 0 saturated heterocycles. The van der Waals surface area contributed by atoms with Gasteiger partial charge in [0.25, 0.3) is 0 Å². The van der Waals surface area contributed by atoms with Crippen LogP contribution in [0.2, 0.25) is 0 Å². The SMILES string of the molecule is c1cncc(-c2c3cc4c5ccccc5c5cccc(c3c(-c3cccnc3)c3c6cccc7cccc(c23)c76)c54)c1. The minimum absolute atomic E-state index is 1.13. The number of benzene rings is 6. The van der Waals surface area contributed by atoms with Crippen LogP contribution >= 0.6 is 0 Å². The fourth-order valence-electron chi connectivity index (χ4n) is 7.76. The van der Waals surface area contributed by atoms with Crippen LogP contribution in [0.15, 0.2) is 134 Å². The van der Waals surface area contributed by atoms with Crippen LogP contribution in [0.1, 0.15) is 0 Å². The molecule has 0 saturated carbocycles. The molecule has 0 unspecified atom stereocenters. The second-order valence-electron chi connectivity index (χ2n) is 11.3. The first-order valence-electron chi connectivity index (χ1n) is 14.4. The van der Waals surface area contributed by atoms with E-state index in [0.717, 1.165) is 11.1 Å². The summed E-state index contributed by atoms with van der Waals surface area (Å²) in [6, 6.07) is 40.1. The zero-order valence-electron chi connectivity index (χ0n) is 22.6. The van der Waals surface area contributed by atoms with Crippen LogP contribution < -0.4 is 0 Å². The number of fused-ring (bicyclic) bond motifs is 8. The molecular weight excluding hydrogens is 508 g/mol. The van der Waals surface area contributed by atoms with Crippen molar-refractivity contribution in [3.8, 4) is 22.3 Å². The molecule has 2 heterocycles. The Morgan fingerprint density at radius 2 is 0.881 bits per heavy atom. The second kappa shape index (κ2) is 7.99. The smallest absolute Gasteiger partial charge is 0.0346 e. The first kappa shape index (κ1) is 22.1. The van der Waals surface area contributed by atoms with E-state index in [9.17, 15) is 0 Å². The molecule has 2 aromatic heterocycles. The van der Waals surface area contributed by atoms with Gasteiger partial charge in [-0.3, -0.25) is 9.97 Å². The predicted molar refractivity (Wildman–Crippen MR) is 178 cm³/mol. The van der Waals surface area contributed by atoms with Gasteiger partial charge in [0.1, 0.15) is 0 Å². The van der Waals surface area contributed by atoms with E-state index in [1.807, 2.05) is 24.8 Å². The Labute approximate surface area is 241 Å². The van der Waals surface area contributed by atoms with E-state index in [1.54, 1.807) is 0 Å². The maximum absolute atomic E-state index is 4.62. The van der Waals surface area contributed by atoms with E-state index in [4.69, 9.17) is 0 Å². The molecule has 192 valence electrons. The molecular formula is C40H22N2. The Hall–Kier alpha value is -5.60. The standard InChI is InChI=1S/C40H22N2/c1-2-13-27-26(12-1)28-14-5-17-31-37(28)32(27)20-33-35(24-10-6-18-41-21-24)39-29-15-3-8-23-9-4-16-30(34(23)29)40(39)36(38(31)33)25-11-7-19-42-22-25/h1-22H. The molecule has 2 heteroatoms. The van der Waals surface area contributed by atoms with Crippen molar-refractivity contribution in [3.63, 3.8) is 0 Å². The fraction of sp³-hybridized carbons (Fsp3) is 0. The van der Waals surface area contributed by atoms with Crippen LogP contribution in [-0.2, 0) is 0 Å². The monoisotopic (exact) mass is 530 g/mol. The fourth-order valence-corrected chi connectivity index (χ4v) is 7.76. The van der Waals surface area contributed by atoms with E-state index < -0.39 is 0 Å². The van der Waals surface area contributed by atoms with Crippen LogP contribution in [0.4, 0.5) is 0 Å². The van der Waals surface area contributed by atoms with Crippen LogP contribution in [0, 0.1) is 0 Å².